The number of benzene rings is 13. The number of hydrogen-bond acceptors (Lipinski definition) is 4. The summed E-state index contributed by atoms with van der Waals surface area (Å²) in [6, 6.07) is 83.4. The molecule has 4 heterocycles. The Labute approximate surface area is 493 Å². The molecular formula is C79H51F2N3O2. The molecule has 0 atom stereocenters. The maximum absolute atomic E-state index is 16.0. The van der Waals surface area contributed by atoms with E-state index in [1.54, 1.807) is 12.1 Å². The third kappa shape index (κ3) is 6.36. The summed E-state index contributed by atoms with van der Waals surface area (Å²) < 4.78 is 48.1. The van der Waals surface area contributed by atoms with E-state index in [1.165, 1.54) is 22.9 Å². The van der Waals surface area contributed by atoms with Crippen LogP contribution in [0.5, 0.6) is 0 Å². The highest BCUT2D eigenvalue weighted by molar-refractivity contribution is 6.22. The zero-order valence-electron chi connectivity index (χ0n) is 47.4. The van der Waals surface area contributed by atoms with Gasteiger partial charge < -0.3 is 23.2 Å². The molecule has 0 saturated carbocycles. The molecule has 3 aromatic heterocycles. The SMILES string of the molecule is Cc1ccc(N(c2cc3c(c4ccccc24)-c2c(cc(N(c4ccc(C)cc4C)c4cccc5c4oc4c(F)cccc45)c4ccccc24)C32c3ccccc3-n3c4ccccc4c4cccc2c43)c2cccc3c2oc2c(F)cccc23)c(C)c1. The van der Waals surface area contributed by atoms with E-state index in [-0.39, 0.29) is 11.2 Å². The Morgan fingerprint density at radius 2 is 0.744 bits per heavy atom. The average Bonchev–Trinajstić information content (AvgIpc) is 1.47. The molecule has 86 heavy (non-hydrogen) atoms. The van der Waals surface area contributed by atoms with E-state index in [0.29, 0.717) is 11.2 Å². The highest BCUT2D eigenvalue weighted by Gasteiger charge is 2.53. The number of nitrogens with zero attached hydrogens (tertiary/aromatic N) is 3. The summed E-state index contributed by atoms with van der Waals surface area (Å²) in [7, 11) is 0. The molecule has 0 radical (unpaired) electrons. The van der Waals surface area contributed by atoms with Gasteiger partial charge in [0.05, 0.1) is 44.9 Å². The Kier molecular flexibility index (Phi) is 10.00. The predicted molar refractivity (Wildman–Crippen MR) is 349 cm³/mol. The number of halogens is 2. The van der Waals surface area contributed by atoms with Gasteiger partial charge in [-0.05, 0) is 144 Å². The van der Waals surface area contributed by atoms with Crippen LogP contribution in [0.3, 0.4) is 0 Å². The number of furan rings is 2. The molecule has 18 rings (SSSR count). The van der Waals surface area contributed by atoms with Gasteiger partial charge in [0.25, 0.3) is 0 Å². The van der Waals surface area contributed by atoms with Crippen LogP contribution in [0.1, 0.15) is 44.5 Å². The van der Waals surface area contributed by atoms with Crippen LogP contribution in [0.4, 0.5) is 42.9 Å². The molecule has 0 unspecified atom stereocenters. The van der Waals surface area contributed by atoms with Gasteiger partial charge in [-0.25, -0.2) is 8.78 Å². The monoisotopic (exact) mass is 1110 g/mol. The van der Waals surface area contributed by atoms with Crippen molar-refractivity contribution in [3.05, 3.63) is 293 Å². The smallest absolute Gasteiger partial charge is 0.171 e. The minimum Gasteiger partial charge on any atom is -0.451 e. The molecule has 13 aromatic carbocycles. The number of para-hydroxylation sites is 7. The molecule has 0 N–H and O–H groups in total. The lowest BCUT2D eigenvalue weighted by atomic mass is 9.65. The minimum absolute atomic E-state index is 0.229. The van der Waals surface area contributed by atoms with Crippen LogP contribution >= 0.6 is 0 Å². The molecule has 1 aliphatic heterocycles. The molecule has 0 fully saturated rings. The van der Waals surface area contributed by atoms with Crippen LogP contribution in [0, 0.1) is 39.3 Å². The van der Waals surface area contributed by atoms with Crippen molar-refractivity contribution in [1.29, 1.82) is 0 Å². The van der Waals surface area contributed by atoms with Crippen LogP contribution in [0.25, 0.3) is 104 Å². The fourth-order valence-corrected chi connectivity index (χ4v) is 15.4. The molecule has 0 amide bonds. The van der Waals surface area contributed by atoms with Crippen LogP contribution in [0.15, 0.2) is 245 Å². The number of aromatic nitrogens is 1. The fourth-order valence-electron chi connectivity index (χ4n) is 15.4. The summed E-state index contributed by atoms with van der Waals surface area (Å²) >= 11 is 0. The summed E-state index contributed by atoms with van der Waals surface area (Å²) in [5.41, 5.74) is 20.8. The molecule has 2 aliphatic rings. The number of aryl methyl sites for hydroxylation is 4. The topological polar surface area (TPSA) is 37.7 Å². The summed E-state index contributed by atoms with van der Waals surface area (Å²) in [5.74, 6) is -0.808. The number of fused-ring (bicyclic) bond motifs is 22. The van der Waals surface area contributed by atoms with E-state index in [0.717, 1.165) is 150 Å². The zero-order valence-corrected chi connectivity index (χ0v) is 47.4. The summed E-state index contributed by atoms with van der Waals surface area (Å²) in [6.45, 7) is 8.61. The minimum atomic E-state index is -0.978. The predicted octanol–water partition coefficient (Wildman–Crippen LogP) is 22.0. The molecule has 0 saturated heterocycles. The molecule has 408 valence electrons. The summed E-state index contributed by atoms with van der Waals surface area (Å²) in [5, 5.41) is 9.71. The number of rotatable bonds is 6. The van der Waals surface area contributed by atoms with Crippen LogP contribution in [0.2, 0.25) is 0 Å². The first-order valence-corrected chi connectivity index (χ1v) is 29.4. The van der Waals surface area contributed by atoms with Crippen LogP contribution in [-0.4, -0.2) is 4.57 Å². The Morgan fingerprint density at radius 3 is 1.28 bits per heavy atom. The summed E-state index contributed by atoms with van der Waals surface area (Å²) in [6.07, 6.45) is 0. The largest absolute Gasteiger partial charge is 0.451 e. The Bertz CT molecular complexity index is 5400. The normalized spacial score (nSPS) is 13.1. The van der Waals surface area contributed by atoms with Crippen molar-refractivity contribution >= 4 is 121 Å². The Morgan fingerprint density at radius 1 is 0.326 bits per heavy atom. The van der Waals surface area contributed by atoms with E-state index in [2.05, 4.69) is 230 Å². The van der Waals surface area contributed by atoms with Gasteiger partial charge in [-0.3, -0.25) is 0 Å². The highest BCUT2D eigenvalue weighted by atomic mass is 19.1. The number of anilines is 6. The van der Waals surface area contributed by atoms with E-state index in [4.69, 9.17) is 8.83 Å². The lowest BCUT2D eigenvalue weighted by Crippen LogP contribution is -2.34. The first kappa shape index (κ1) is 48.7. The van der Waals surface area contributed by atoms with Crippen molar-refractivity contribution < 1.29 is 17.6 Å². The van der Waals surface area contributed by atoms with Crippen molar-refractivity contribution in [3.8, 4) is 16.8 Å². The second-order valence-electron chi connectivity index (χ2n) is 23.5. The van der Waals surface area contributed by atoms with E-state index in [9.17, 15) is 0 Å². The molecule has 5 nitrogen and oxygen atoms in total. The number of hydrogen-bond donors (Lipinski definition) is 0. The van der Waals surface area contributed by atoms with Crippen molar-refractivity contribution in [2.45, 2.75) is 33.1 Å². The Hall–Kier alpha value is -10.8. The fraction of sp³-hybridized carbons (Fsp3) is 0.0633. The average molecular weight is 1110 g/mol. The van der Waals surface area contributed by atoms with Gasteiger partial charge in [-0.15, -0.1) is 0 Å². The maximum atomic E-state index is 16.0. The van der Waals surface area contributed by atoms with E-state index < -0.39 is 17.0 Å². The van der Waals surface area contributed by atoms with E-state index in [1.807, 2.05) is 24.3 Å². The Balaban J connectivity index is 1.04. The molecular weight excluding hydrogens is 1060 g/mol. The highest BCUT2D eigenvalue weighted by Crippen LogP contribution is 2.66. The standard InChI is InChI=1S/C79H51F2N3O2/c1-44-36-38-64(46(3)40-44)82(68-34-16-26-56-54-24-14-30-62(80)75(54)85-77(56)68)70-42-60-72(51-21-7-5-18-48(51)70)73-52-22-8-6-19-49(52)71(83(65-39-37-45(2)41-47(65)4)69-35-17-27-57-55-25-15-31-63(81)76(55)86-78(57)69)43-61(73)79(60)58-28-10-12-33-67(58)84-66-32-11-9-20-50(66)53-23-13-29-59(79)74(53)84/h5-43H,1-4H3. The first-order chi connectivity index (χ1) is 42.2. The second-order valence-corrected chi connectivity index (χ2v) is 23.5. The van der Waals surface area contributed by atoms with Gasteiger partial charge in [-0.2, -0.15) is 0 Å². The van der Waals surface area contributed by atoms with Crippen LogP contribution < -0.4 is 9.80 Å². The lowest BCUT2D eigenvalue weighted by Gasteiger charge is -2.40. The van der Waals surface area contributed by atoms with Crippen molar-refractivity contribution in [3.63, 3.8) is 0 Å². The molecule has 1 aliphatic carbocycles. The molecule has 16 aromatic rings. The van der Waals surface area contributed by atoms with Crippen molar-refractivity contribution in [2.24, 2.45) is 0 Å². The van der Waals surface area contributed by atoms with Gasteiger partial charge in [0.1, 0.15) is 0 Å². The van der Waals surface area contributed by atoms with Crippen LogP contribution in [-0.2, 0) is 5.41 Å². The third-order valence-electron chi connectivity index (χ3n) is 18.8. The van der Waals surface area contributed by atoms with Crippen molar-refractivity contribution in [2.75, 3.05) is 9.80 Å². The first-order valence-electron chi connectivity index (χ1n) is 29.4. The maximum Gasteiger partial charge on any atom is 0.171 e. The molecule has 1 spiro atoms. The summed E-state index contributed by atoms with van der Waals surface area (Å²) in [4.78, 5) is 4.73. The lowest BCUT2D eigenvalue weighted by molar-refractivity contribution is 0.584. The van der Waals surface area contributed by atoms with Gasteiger partial charge in [0.15, 0.2) is 34.0 Å². The quantitative estimate of drug-likeness (QED) is 0.166. The third-order valence-corrected chi connectivity index (χ3v) is 18.8. The van der Waals surface area contributed by atoms with Crippen molar-refractivity contribution in [1.82, 2.24) is 4.57 Å². The zero-order chi connectivity index (χ0) is 57.4. The van der Waals surface area contributed by atoms with Gasteiger partial charge in [-0.1, -0.05) is 187 Å². The van der Waals surface area contributed by atoms with Gasteiger partial charge >= 0.3 is 0 Å². The van der Waals surface area contributed by atoms with Gasteiger partial charge in [0.2, 0.25) is 0 Å². The van der Waals surface area contributed by atoms with E-state index >= 15 is 8.78 Å². The molecule has 0 bridgehead atoms. The second kappa shape index (κ2) is 17.6. The van der Waals surface area contributed by atoms with Gasteiger partial charge in [0, 0.05) is 54.5 Å². The molecule has 7 heteroatoms.